The minimum Gasteiger partial charge on any atom is -0.452 e. The Bertz CT molecular complexity index is 878. The SMILES string of the molecule is O=C(COC(=O)c1ccc(Cn2cncn2)cc1)NCCCc1ccccc1. The molecule has 0 unspecified atom stereocenters. The number of hydrogen-bond acceptors (Lipinski definition) is 5. The van der Waals surface area contributed by atoms with Gasteiger partial charge in [0.15, 0.2) is 6.61 Å². The molecule has 0 fully saturated rings. The van der Waals surface area contributed by atoms with Gasteiger partial charge in [0.25, 0.3) is 5.91 Å². The van der Waals surface area contributed by atoms with Crippen LogP contribution in [0.3, 0.4) is 0 Å². The van der Waals surface area contributed by atoms with Crippen LogP contribution in [0.1, 0.15) is 27.9 Å². The molecule has 0 saturated heterocycles. The highest BCUT2D eigenvalue weighted by atomic mass is 16.5. The number of amides is 1. The van der Waals surface area contributed by atoms with Crippen LogP contribution in [0.15, 0.2) is 67.3 Å². The van der Waals surface area contributed by atoms with Crippen LogP contribution in [0.4, 0.5) is 0 Å². The summed E-state index contributed by atoms with van der Waals surface area (Å²) < 4.78 is 6.76. The number of carbonyl (C=O) groups excluding carboxylic acids is 2. The van der Waals surface area contributed by atoms with E-state index in [1.165, 1.54) is 11.9 Å². The molecule has 0 saturated carbocycles. The lowest BCUT2D eigenvalue weighted by Crippen LogP contribution is -2.29. The summed E-state index contributed by atoms with van der Waals surface area (Å²) in [5, 5.41) is 6.80. The van der Waals surface area contributed by atoms with Gasteiger partial charge in [0.1, 0.15) is 12.7 Å². The largest absolute Gasteiger partial charge is 0.452 e. The van der Waals surface area contributed by atoms with E-state index in [2.05, 4.69) is 27.5 Å². The van der Waals surface area contributed by atoms with Crippen LogP contribution in [-0.4, -0.2) is 39.8 Å². The third kappa shape index (κ3) is 6.05. The molecule has 1 amide bonds. The molecule has 1 N–H and O–H groups in total. The van der Waals surface area contributed by atoms with Gasteiger partial charge in [0, 0.05) is 6.54 Å². The first kappa shape index (κ1) is 19.3. The maximum atomic E-state index is 12.1. The lowest BCUT2D eigenvalue weighted by atomic mass is 10.1. The quantitative estimate of drug-likeness (QED) is 0.456. The van der Waals surface area contributed by atoms with Crippen LogP contribution >= 0.6 is 0 Å². The van der Waals surface area contributed by atoms with Gasteiger partial charge < -0.3 is 10.1 Å². The molecule has 28 heavy (non-hydrogen) atoms. The van der Waals surface area contributed by atoms with Gasteiger partial charge in [-0.3, -0.25) is 4.79 Å². The van der Waals surface area contributed by atoms with Gasteiger partial charge in [-0.05, 0) is 36.1 Å². The Hall–Kier alpha value is -3.48. The smallest absolute Gasteiger partial charge is 0.338 e. The number of nitrogens with one attached hydrogen (secondary N) is 1. The van der Waals surface area contributed by atoms with Gasteiger partial charge in [-0.25, -0.2) is 14.5 Å². The highest BCUT2D eigenvalue weighted by Gasteiger charge is 2.10. The zero-order chi connectivity index (χ0) is 19.6. The van der Waals surface area contributed by atoms with Crippen LogP contribution in [0, 0.1) is 0 Å². The summed E-state index contributed by atoms with van der Waals surface area (Å²) in [4.78, 5) is 27.8. The Morgan fingerprint density at radius 1 is 1.00 bits per heavy atom. The zero-order valence-corrected chi connectivity index (χ0v) is 15.5. The average Bonchev–Trinajstić information content (AvgIpc) is 3.24. The normalized spacial score (nSPS) is 10.4. The monoisotopic (exact) mass is 378 g/mol. The molecule has 0 aliphatic carbocycles. The number of ether oxygens (including phenoxy) is 1. The van der Waals surface area contributed by atoms with Crippen molar-refractivity contribution in [2.75, 3.05) is 13.2 Å². The molecule has 0 bridgehead atoms. The van der Waals surface area contributed by atoms with E-state index in [1.807, 2.05) is 30.3 Å². The first-order chi connectivity index (χ1) is 13.7. The zero-order valence-electron chi connectivity index (χ0n) is 15.5. The van der Waals surface area contributed by atoms with Crippen molar-refractivity contribution in [1.29, 1.82) is 0 Å². The maximum absolute atomic E-state index is 12.1. The average molecular weight is 378 g/mol. The third-order valence-corrected chi connectivity index (χ3v) is 4.14. The van der Waals surface area contributed by atoms with Gasteiger partial charge in [-0.1, -0.05) is 42.5 Å². The maximum Gasteiger partial charge on any atom is 0.338 e. The van der Waals surface area contributed by atoms with Gasteiger partial charge in [0.05, 0.1) is 12.1 Å². The second-order valence-electron chi connectivity index (χ2n) is 6.31. The number of hydrogen-bond donors (Lipinski definition) is 1. The molecule has 0 aliphatic rings. The van der Waals surface area contributed by atoms with Crippen molar-refractivity contribution in [3.8, 4) is 0 Å². The number of benzene rings is 2. The molecular weight excluding hydrogens is 356 g/mol. The van der Waals surface area contributed by atoms with Gasteiger partial charge in [-0.2, -0.15) is 5.10 Å². The van der Waals surface area contributed by atoms with Crippen molar-refractivity contribution in [1.82, 2.24) is 20.1 Å². The van der Waals surface area contributed by atoms with Gasteiger partial charge in [-0.15, -0.1) is 0 Å². The number of esters is 1. The molecule has 7 heteroatoms. The van der Waals surface area contributed by atoms with Crippen LogP contribution in [0.2, 0.25) is 0 Å². The van der Waals surface area contributed by atoms with Crippen molar-refractivity contribution in [3.05, 3.63) is 83.9 Å². The first-order valence-electron chi connectivity index (χ1n) is 9.10. The fraction of sp³-hybridized carbons (Fsp3) is 0.238. The van der Waals surface area contributed by atoms with E-state index >= 15 is 0 Å². The van der Waals surface area contributed by atoms with E-state index in [0.717, 1.165) is 18.4 Å². The molecule has 3 rings (SSSR count). The predicted octanol–water partition coefficient (Wildman–Crippen LogP) is 2.23. The Labute approximate surface area is 163 Å². The second kappa shape index (κ2) is 10.0. The van der Waals surface area contributed by atoms with E-state index in [4.69, 9.17) is 4.74 Å². The lowest BCUT2D eigenvalue weighted by molar-refractivity contribution is -0.124. The minimum atomic E-state index is -0.522. The van der Waals surface area contributed by atoms with Crippen molar-refractivity contribution < 1.29 is 14.3 Å². The van der Waals surface area contributed by atoms with E-state index in [-0.39, 0.29) is 12.5 Å². The predicted molar refractivity (Wildman–Crippen MR) is 104 cm³/mol. The Balaban J connectivity index is 1.35. The molecule has 0 spiro atoms. The summed E-state index contributed by atoms with van der Waals surface area (Å²) >= 11 is 0. The Morgan fingerprint density at radius 2 is 1.79 bits per heavy atom. The van der Waals surface area contributed by atoms with Gasteiger partial charge in [0.2, 0.25) is 0 Å². The molecule has 144 valence electrons. The second-order valence-corrected chi connectivity index (χ2v) is 6.31. The molecular formula is C21H22N4O3. The lowest BCUT2D eigenvalue weighted by Gasteiger charge is -2.07. The number of aryl methyl sites for hydroxylation is 1. The summed E-state index contributed by atoms with van der Waals surface area (Å²) in [6, 6.07) is 17.1. The molecule has 2 aromatic carbocycles. The van der Waals surface area contributed by atoms with Crippen LogP contribution in [0.25, 0.3) is 0 Å². The number of rotatable bonds is 9. The van der Waals surface area contributed by atoms with E-state index in [9.17, 15) is 9.59 Å². The summed E-state index contributed by atoms with van der Waals surface area (Å²) in [6.07, 6.45) is 4.82. The van der Waals surface area contributed by atoms with Crippen LogP contribution in [-0.2, 0) is 22.5 Å². The van der Waals surface area contributed by atoms with Crippen LogP contribution in [0.5, 0.6) is 0 Å². The van der Waals surface area contributed by atoms with Crippen LogP contribution < -0.4 is 5.32 Å². The molecule has 0 atom stereocenters. The topological polar surface area (TPSA) is 86.1 Å². The highest BCUT2D eigenvalue weighted by molar-refractivity contribution is 5.91. The Morgan fingerprint density at radius 3 is 2.50 bits per heavy atom. The van der Waals surface area contributed by atoms with E-state index < -0.39 is 5.97 Å². The Kier molecular flexibility index (Phi) is 6.89. The van der Waals surface area contributed by atoms with Crippen molar-refractivity contribution >= 4 is 11.9 Å². The molecule has 1 aromatic heterocycles. The van der Waals surface area contributed by atoms with E-state index in [1.54, 1.807) is 23.1 Å². The fourth-order valence-corrected chi connectivity index (χ4v) is 2.68. The van der Waals surface area contributed by atoms with Crippen molar-refractivity contribution in [2.24, 2.45) is 0 Å². The molecule has 0 aliphatic heterocycles. The summed E-state index contributed by atoms with van der Waals surface area (Å²) in [5.74, 6) is -0.823. The van der Waals surface area contributed by atoms with E-state index in [0.29, 0.717) is 18.7 Å². The number of carbonyl (C=O) groups is 2. The first-order valence-corrected chi connectivity index (χ1v) is 9.10. The number of aromatic nitrogens is 3. The molecule has 3 aromatic rings. The molecule has 1 heterocycles. The highest BCUT2D eigenvalue weighted by Crippen LogP contribution is 2.07. The summed E-state index contributed by atoms with van der Waals surface area (Å²) in [7, 11) is 0. The number of nitrogens with zero attached hydrogens (tertiary/aromatic N) is 3. The van der Waals surface area contributed by atoms with Crippen molar-refractivity contribution in [2.45, 2.75) is 19.4 Å². The molecule has 0 radical (unpaired) electrons. The third-order valence-electron chi connectivity index (χ3n) is 4.14. The van der Waals surface area contributed by atoms with Gasteiger partial charge >= 0.3 is 5.97 Å². The fourth-order valence-electron chi connectivity index (χ4n) is 2.68. The summed E-state index contributed by atoms with van der Waals surface area (Å²) in [6.45, 7) is 0.827. The van der Waals surface area contributed by atoms with Crippen molar-refractivity contribution in [3.63, 3.8) is 0 Å². The molecule has 7 nitrogen and oxygen atoms in total. The minimum absolute atomic E-state index is 0.287. The summed E-state index contributed by atoms with van der Waals surface area (Å²) in [5.41, 5.74) is 2.62. The standard InChI is InChI=1S/C21H22N4O3/c26-20(23-12-4-7-17-5-2-1-3-6-17)14-28-21(27)19-10-8-18(9-11-19)13-25-16-22-15-24-25/h1-3,5-6,8-11,15-16H,4,7,12-14H2,(H,23,26).